The maximum absolute atomic E-state index is 5.36. The molecule has 122 valence electrons. The van der Waals surface area contributed by atoms with Gasteiger partial charge in [-0.25, -0.2) is 4.98 Å². The molecule has 3 heterocycles. The van der Waals surface area contributed by atoms with Crippen molar-refractivity contribution in [1.29, 1.82) is 0 Å². The van der Waals surface area contributed by atoms with E-state index < -0.39 is 0 Å². The van der Waals surface area contributed by atoms with Gasteiger partial charge in [0.2, 0.25) is 5.89 Å². The van der Waals surface area contributed by atoms with Crippen LogP contribution in [0.25, 0.3) is 5.65 Å². The van der Waals surface area contributed by atoms with E-state index in [-0.39, 0.29) is 12.0 Å². The number of hydrogen-bond acceptors (Lipinski definition) is 6. The topological polar surface area (TPSA) is 81.1 Å². The van der Waals surface area contributed by atoms with E-state index in [2.05, 4.69) is 39.4 Å². The summed E-state index contributed by atoms with van der Waals surface area (Å²) in [7, 11) is 0. The van der Waals surface area contributed by atoms with Crippen molar-refractivity contribution in [3.8, 4) is 0 Å². The number of hydrogen-bond donors (Lipinski definition) is 1. The zero-order chi connectivity index (χ0) is 16.6. The third-order valence-corrected chi connectivity index (χ3v) is 3.68. The molecule has 0 unspecified atom stereocenters. The lowest BCUT2D eigenvalue weighted by Crippen LogP contribution is -2.12. The molecule has 0 aliphatic carbocycles. The van der Waals surface area contributed by atoms with Crippen molar-refractivity contribution in [3.05, 3.63) is 35.7 Å². The second-order valence-corrected chi connectivity index (χ2v) is 6.33. The first-order valence-corrected chi connectivity index (χ1v) is 7.90. The molecule has 3 rings (SSSR count). The first-order valence-electron chi connectivity index (χ1n) is 7.90. The third kappa shape index (κ3) is 3.04. The SMILES string of the molecule is CC(C)c1cc(N[C@@H](C)c2nc(C(C)C)no2)n2nccc2n1. The van der Waals surface area contributed by atoms with E-state index in [1.165, 1.54) is 0 Å². The van der Waals surface area contributed by atoms with E-state index in [4.69, 9.17) is 4.52 Å². The lowest BCUT2D eigenvalue weighted by molar-refractivity contribution is 0.361. The lowest BCUT2D eigenvalue weighted by Gasteiger charge is -2.14. The Hall–Kier alpha value is -2.44. The molecular formula is C16H22N6O. The van der Waals surface area contributed by atoms with Gasteiger partial charge in [0.05, 0.1) is 6.20 Å². The fourth-order valence-corrected chi connectivity index (χ4v) is 2.27. The Kier molecular flexibility index (Phi) is 4.02. The van der Waals surface area contributed by atoms with Crippen molar-refractivity contribution in [2.24, 2.45) is 0 Å². The fraction of sp³-hybridized carbons (Fsp3) is 0.500. The number of rotatable bonds is 5. The Morgan fingerprint density at radius 3 is 2.52 bits per heavy atom. The molecule has 0 aliphatic heterocycles. The summed E-state index contributed by atoms with van der Waals surface area (Å²) in [6.45, 7) is 10.3. The monoisotopic (exact) mass is 314 g/mol. The molecule has 7 nitrogen and oxygen atoms in total. The molecule has 0 saturated heterocycles. The van der Waals surface area contributed by atoms with Gasteiger partial charge in [-0.05, 0) is 12.8 Å². The van der Waals surface area contributed by atoms with Gasteiger partial charge in [-0.2, -0.15) is 14.6 Å². The Balaban J connectivity index is 1.91. The summed E-state index contributed by atoms with van der Waals surface area (Å²) >= 11 is 0. The maximum Gasteiger partial charge on any atom is 0.248 e. The van der Waals surface area contributed by atoms with Gasteiger partial charge in [-0.3, -0.25) is 0 Å². The van der Waals surface area contributed by atoms with Gasteiger partial charge in [-0.1, -0.05) is 32.9 Å². The molecule has 0 aromatic carbocycles. The number of nitrogens with one attached hydrogen (secondary N) is 1. The highest BCUT2D eigenvalue weighted by molar-refractivity contribution is 5.50. The van der Waals surface area contributed by atoms with Crippen molar-refractivity contribution in [2.75, 3.05) is 5.32 Å². The van der Waals surface area contributed by atoms with Crippen LogP contribution in [-0.2, 0) is 0 Å². The van der Waals surface area contributed by atoms with E-state index in [0.717, 1.165) is 23.0 Å². The predicted octanol–water partition coefficient (Wildman–Crippen LogP) is 3.53. The summed E-state index contributed by atoms with van der Waals surface area (Å²) in [5, 5.41) is 11.7. The second kappa shape index (κ2) is 5.98. The van der Waals surface area contributed by atoms with E-state index in [0.29, 0.717) is 11.8 Å². The smallest absolute Gasteiger partial charge is 0.248 e. The third-order valence-electron chi connectivity index (χ3n) is 3.68. The number of aromatic nitrogens is 5. The van der Waals surface area contributed by atoms with Crippen molar-refractivity contribution < 1.29 is 4.52 Å². The molecule has 1 N–H and O–H groups in total. The van der Waals surface area contributed by atoms with Crippen LogP contribution in [-0.4, -0.2) is 24.7 Å². The van der Waals surface area contributed by atoms with Gasteiger partial charge in [0.25, 0.3) is 0 Å². The van der Waals surface area contributed by atoms with Crippen molar-refractivity contribution in [3.63, 3.8) is 0 Å². The molecule has 7 heteroatoms. The average molecular weight is 314 g/mol. The highest BCUT2D eigenvalue weighted by atomic mass is 16.5. The minimum Gasteiger partial charge on any atom is -0.358 e. The summed E-state index contributed by atoms with van der Waals surface area (Å²) in [5.41, 5.74) is 1.83. The minimum atomic E-state index is -0.121. The second-order valence-electron chi connectivity index (χ2n) is 6.33. The summed E-state index contributed by atoms with van der Waals surface area (Å²) in [6.07, 6.45) is 1.74. The Labute approximate surface area is 135 Å². The van der Waals surface area contributed by atoms with Crippen LogP contribution in [0.5, 0.6) is 0 Å². The van der Waals surface area contributed by atoms with Gasteiger partial charge in [0, 0.05) is 23.7 Å². The minimum absolute atomic E-state index is 0.121. The van der Waals surface area contributed by atoms with Crippen LogP contribution in [0.3, 0.4) is 0 Å². The molecule has 1 atom stereocenters. The van der Waals surface area contributed by atoms with Crippen LogP contribution >= 0.6 is 0 Å². The molecule has 0 fully saturated rings. The van der Waals surface area contributed by atoms with Crippen LogP contribution in [0.15, 0.2) is 22.9 Å². The molecule has 3 aromatic heterocycles. The van der Waals surface area contributed by atoms with E-state index >= 15 is 0 Å². The van der Waals surface area contributed by atoms with Crippen LogP contribution in [0.1, 0.15) is 69.9 Å². The summed E-state index contributed by atoms with van der Waals surface area (Å²) in [4.78, 5) is 9.06. The van der Waals surface area contributed by atoms with Crippen molar-refractivity contribution >= 4 is 11.5 Å². The quantitative estimate of drug-likeness (QED) is 0.776. The number of fused-ring (bicyclic) bond motifs is 1. The maximum atomic E-state index is 5.36. The van der Waals surface area contributed by atoms with Gasteiger partial charge >= 0.3 is 0 Å². The van der Waals surface area contributed by atoms with Crippen LogP contribution in [0, 0.1) is 0 Å². The van der Waals surface area contributed by atoms with Crippen molar-refractivity contribution in [2.45, 2.75) is 52.5 Å². The molecule has 0 aliphatic rings. The fourth-order valence-electron chi connectivity index (χ4n) is 2.27. The van der Waals surface area contributed by atoms with Gasteiger partial charge in [-0.15, -0.1) is 0 Å². The number of nitrogens with zero attached hydrogens (tertiary/aromatic N) is 5. The average Bonchev–Trinajstić information content (AvgIpc) is 3.16. The van der Waals surface area contributed by atoms with Crippen LogP contribution in [0.2, 0.25) is 0 Å². The molecule has 0 amide bonds. The zero-order valence-corrected chi connectivity index (χ0v) is 14.1. The Bertz CT molecular complexity index is 804. The van der Waals surface area contributed by atoms with Gasteiger partial charge < -0.3 is 9.84 Å². The first-order chi connectivity index (χ1) is 11.0. The normalized spacial score (nSPS) is 13.2. The predicted molar refractivity (Wildman–Crippen MR) is 87.5 cm³/mol. The lowest BCUT2D eigenvalue weighted by atomic mass is 10.1. The van der Waals surface area contributed by atoms with E-state index in [1.54, 1.807) is 10.7 Å². The molecule has 0 radical (unpaired) electrons. The Morgan fingerprint density at radius 2 is 1.87 bits per heavy atom. The standard InChI is InChI=1S/C16H22N6O/c1-9(2)12-8-14(22-13(19-12)6-7-17-22)18-11(5)16-20-15(10(3)4)21-23-16/h6-11,18H,1-5H3/t11-/m0/s1. The highest BCUT2D eigenvalue weighted by Gasteiger charge is 2.18. The van der Waals surface area contributed by atoms with Crippen LogP contribution < -0.4 is 5.32 Å². The van der Waals surface area contributed by atoms with Gasteiger partial charge in [0.15, 0.2) is 11.5 Å². The number of anilines is 1. The van der Waals surface area contributed by atoms with E-state index in [9.17, 15) is 0 Å². The van der Waals surface area contributed by atoms with Crippen LogP contribution in [0.4, 0.5) is 5.82 Å². The van der Waals surface area contributed by atoms with Gasteiger partial charge in [0.1, 0.15) is 11.9 Å². The largest absolute Gasteiger partial charge is 0.358 e. The molecular weight excluding hydrogens is 292 g/mol. The zero-order valence-electron chi connectivity index (χ0n) is 14.1. The van der Waals surface area contributed by atoms with E-state index in [1.807, 2.05) is 32.9 Å². The first kappa shape index (κ1) is 15.5. The molecule has 0 saturated carbocycles. The Morgan fingerprint density at radius 1 is 1.09 bits per heavy atom. The molecule has 3 aromatic rings. The van der Waals surface area contributed by atoms with Crippen molar-refractivity contribution in [1.82, 2.24) is 24.7 Å². The summed E-state index contributed by atoms with van der Waals surface area (Å²) < 4.78 is 7.14. The molecule has 0 bridgehead atoms. The summed E-state index contributed by atoms with van der Waals surface area (Å²) in [5.74, 6) is 2.72. The molecule has 23 heavy (non-hydrogen) atoms. The molecule has 0 spiro atoms. The summed E-state index contributed by atoms with van der Waals surface area (Å²) in [6, 6.07) is 3.79. The highest BCUT2D eigenvalue weighted by Crippen LogP contribution is 2.23.